The third-order valence-corrected chi connectivity index (χ3v) is 5.07. The number of hydrogen-bond acceptors (Lipinski definition) is 1. The van der Waals surface area contributed by atoms with Crippen molar-refractivity contribution in [3.8, 4) is 12.3 Å². The summed E-state index contributed by atoms with van der Waals surface area (Å²) in [6, 6.07) is 8.14. The Hall–Kier alpha value is -3.12. The Balaban J connectivity index is 2.01. The predicted molar refractivity (Wildman–Crippen MR) is 138 cm³/mol. The van der Waals surface area contributed by atoms with Crippen molar-refractivity contribution >= 4 is 51.3 Å². The second kappa shape index (κ2) is 11.3. The average Bonchev–Trinajstić information content (AvgIpc) is 2.75. The van der Waals surface area contributed by atoms with E-state index in [2.05, 4.69) is 30.3 Å². The molecular formula is C26H26B3N2. The van der Waals surface area contributed by atoms with Gasteiger partial charge in [0.1, 0.15) is 26.8 Å². The summed E-state index contributed by atoms with van der Waals surface area (Å²) < 4.78 is 1.95. The molecule has 2 aromatic carbocycles. The molecule has 149 valence electrons. The van der Waals surface area contributed by atoms with Crippen molar-refractivity contribution in [3.05, 3.63) is 83.1 Å². The Morgan fingerprint density at radius 2 is 1.68 bits per heavy atom. The van der Waals surface area contributed by atoms with Gasteiger partial charge in [-0.25, -0.2) is 0 Å². The van der Waals surface area contributed by atoms with Gasteiger partial charge in [-0.15, -0.1) is 18.6 Å². The molecule has 31 heavy (non-hydrogen) atoms. The molecule has 0 saturated carbocycles. The molecule has 0 spiro atoms. The standard InChI is InChI=1S/C26H26B3N2/c1-7-22-18-24(17-21(4)26(22)29-28)31(6)14-12-10-8-9-11-13-30(5)23-15-19(2)25(27)20(3)16-23/h1,8-12,14-18H,2-6H3/b10-8?,11-9+,14-12?. The number of anilines is 1. The summed E-state index contributed by atoms with van der Waals surface area (Å²) in [5, 5.41) is 0. The fourth-order valence-electron chi connectivity index (χ4n) is 3.15. The van der Waals surface area contributed by atoms with Gasteiger partial charge in [-0.1, -0.05) is 39.6 Å². The molecule has 0 aliphatic carbocycles. The van der Waals surface area contributed by atoms with Gasteiger partial charge >= 0.3 is 0 Å². The smallest absolute Gasteiger partial charge is 0.115 e. The van der Waals surface area contributed by atoms with E-state index < -0.39 is 0 Å². The second-order valence-electron chi connectivity index (χ2n) is 7.41. The molecule has 2 aromatic rings. The van der Waals surface area contributed by atoms with Gasteiger partial charge < -0.3 is 9.48 Å². The highest BCUT2D eigenvalue weighted by molar-refractivity contribution is 6.98. The van der Waals surface area contributed by atoms with E-state index >= 15 is 0 Å². The summed E-state index contributed by atoms with van der Waals surface area (Å²) in [5.74, 6) is 2.70. The van der Waals surface area contributed by atoms with Gasteiger partial charge in [0.2, 0.25) is 0 Å². The Labute approximate surface area is 191 Å². The fraction of sp³-hybridized carbons (Fsp3) is 0.192. The van der Waals surface area contributed by atoms with Crippen LogP contribution in [0.2, 0.25) is 0 Å². The maximum Gasteiger partial charge on any atom is 0.115 e. The van der Waals surface area contributed by atoms with Crippen LogP contribution in [-0.2, 0) is 0 Å². The fourth-order valence-corrected chi connectivity index (χ4v) is 3.15. The maximum absolute atomic E-state index is 6.03. The van der Waals surface area contributed by atoms with Crippen LogP contribution in [0, 0.1) is 33.1 Å². The summed E-state index contributed by atoms with van der Waals surface area (Å²) in [5.41, 5.74) is 7.78. The van der Waals surface area contributed by atoms with Crippen molar-refractivity contribution in [2.45, 2.75) is 20.8 Å². The van der Waals surface area contributed by atoms with Crippen LogP contribution in [0.25, 0.3) is 0 Å². The molecular weight excluding hydrogens is 373 g/mol. The zero-order valence-corrected chi connectivity index (χ0v) is 19.0. The van der Waals surface area contributed by atoms with Crippen molar-refractivity contribution in [2.24, 2.45) is 0 Å². The summed E-state index contributed by atoms with van der Waals surface area (Å²) in [4.78, 5) is 2.01. The van der Waals surface area contributed by atoms with Crippen LogP contribution in [0.4, 0.5) is 11.4 Å². The van der Waals surface area contributed by atoms with E-state index in [9.17, 15) is 0 Å². The summed E-state index contributed by atoms with van der Waals surface area (Å²) >= 11 is 0. The molecule has 5 heteroatoms. The monoisotopic (exact) mass is 399 g/mol. The molecule has 0 aliphatic rings. The zero-order chi connectivity index (χ0) is 23.0. The molecule has 0 amide bonds. The van der Waals surface area contributed by atoms with Gasteiger partial charge in [0.15, 0.2) is 0 Å². The zero-order valence-electron chi connectivity index (χ0n) is 19.0. The molecule has 0 heterocycles. The Morgan fingerprint density at radius 1 is 1.03 bits per heavy atom. The van der Waals surface area contributed by atoms with Crippen LogP contribution in [-0.4, -0.2) is 47.6 Å². The lowest BCUT2D eigenvalue weighted by molar-refractivity contribution is -0.398. The normalized spacial score (nSPS) is 12.1. The molecule has 5 radical (unpaired) electrons. The van der Waals surface area contributed by atoms with Crippen LogP contribution < -0.4 is 15.8 Å². The van der Waals surface area contributed by atoms with Crippen LogP contribution >= 0.6 is 0 Å². The molecule has 0 aliphatic heterocycles. The average molecular weight is 399 g/mol. The van der Waals surface area contributed by atoms with Crippen molar-refractivity contribution < 1.29 is 4.58 Å². The van der Waals surface area contributed by atoms with Gasteiger partial charge in [0.05, 0.1) is 7.17 Å². The van der Waals surface area contributed by atoms with E-state index in [1.807, 2.05) is 87.0 Å². The van der Waals surface area contributed by atoms with Crippen LogP contribution in [0.15, 0.2) is 60.8 Å². The molecule has 2 nitrogen and oxygen atoms in total. The van der Waals surface area contributed by atoms with Crippen molar-refractivity contribution in [3.63, 3.8) is 0 Å². The summed E-state index contributed by atoms with van der Waals surface area (Å²) in [7, 11) is 17.2. The molecule has 2 rings (SSSR count). The van der Waals surface area contributed by atoms with Gasteiger partial charge in [0.25, 0.3) is 0 Å². The highest BCUT2D eigenvalue weighted by atomic mass is 15.1. The Morgan fingerprint density at radius 3 is 2.29 bits per heavy atom. The van der Waals surface area contributed by atoms with Crippen LogP contribution in [0.5, 0.6) is 0 Å². The first-order valence-corrected chi connectivity index (χ1v) is 10.0. The maximum atomic E-state index is 6.03. The van der Waals surface area contributed by atoms with Gasteiger partial charge in [0, 0.05) is 32.2 Å². The van der Waals surface area contributed by atoms with E-state index in [1.165, 1.54) is 0 Å². The lowest BCUT2D eigenvalue weighted by Crippen LogP contribution is -2.23. The molecule has 0 saturated heterocycles. The number of benzene rings is 2. The molecule has 0 bridgehead atoms. The van der Waals surface area contributed by atoms with Crippen molar-refractivity contribution in [2.75, 3.05) is 19.0 Å². The topological polar surface area (TPSA) is 6.25 Å². The number of rotatable bonds is 7. The van der Waals surface area contributed by atoms with Gasteiger partial charge in [-0.2, -0.15) is 6.08 Å². The van der Waals surface area contributed by atoms with E-state index in [0.29, 0.717) is 0 Å². The number of nitrogens with zero attached hydrogens (tertiary/aromatic N) is 2. The molecule has 0 fully saturated rings. The first kappa shape index (κ1) is 24.2. The molecule has 0 N–H and O–H groups in total. The molecule has 0 atom stereocenters. The number of aryl methyl sites for hydroxylation is 3. The third-order valence-electron chi connectivity index (χ3n) is 5.07. The van der Waals surface area contributed by atoms with Crippen LogP contribution in [0.3, 0.4) is 0 Å². The van der Waals surface area contributed by atoms with Crippen LogP contribution in [0.1, 0.15) is 22.3 Å². The number of allylic oxidation sites excluding steroid dienone is 5. The van der Waals surface area contributed by atoms with E-state index in [-0.39, 0.29) is 0 Å². The minimum absolute atomic E-state index is 0.790. The minimum Gasteiger partial charge on any atom is -0.351 e. The first-order valence-electron chi connectivity index (χ1n) is 10.0. The molecule has 0 unspecified atom stereocenters. The number of terminal acetylenes is 1. The Kier molecular flexibility index (Phi) is 8.82. The van der Waals surface area contributed by atoms with Gasteiger partial charge in [-0.3, -0.25) is 0 Å². The minimum atomic E-state index is 0.790. The lowest BCUT2D eigenvalue weighted by Gasteiger charge is -2.17. The third kappa shape index (κ3) is 6.43. The van der Waals surface area contributed by atoms with E-state index in [1.54, 1.807) is 7.17 Å². The summed E-state index contributed by atoms with van der Waals surface area (Å²) in [6.07, 6.45) is 20.5. The van der Waals surface area contributed by atoms with E-state index in [0.717, 1.165) is 44.6 Å². The quantitative estimate of drug-likeness (QED) is 0.173. The molecule has 0 aromatic heterocycles. The van der Waals surface area contributed by atoms with E-state index in [4.69, 9.17) is 22.0 Å². The summed E-state index contributed by atoms with van der Waals surface area (Å²) in [6.45, 7) is 6.03. The van der Waals surface area contributed by atoms with Crippen molar-refractivity contribution in [1.82, 2.24) is 0 Å². The predicted octanol–water partition coefficient (Wildman–Crippen LogP) is 2.78. The van der Waals surface area contributed by atoms with Gasteiger partial charge in [-0.05, 0) is 51.1 Å². The SMILES string of the molecule is [B][B]c1c(C)cc(N(C)C=CC=C/C=C/[C-]=[N+](C)c2cc(C)c([B])c(C)c2)cc1C#C. The highest BCUT2D eigenvalue weighted by Gasteiger charge is 2.06. The first-order chi connectivity index (χ1) is 14.8. The lowest BCUT2D eigenvalue weighted by atomic mass is 9.49. The Bertz CT molecular complexity index is 1080. The largest absolute Gasteiger partial charge is 0.351 e. The second-order valence-corrected chi connectivity index (χ2v) is 7.41. The highest BCUT2D eigenvalue weighted by Crippen LogP contribution is 2.16. The van der Waals surface area contributed by atoms with Crippen molar-refractivity contribution in [1.29, 1.82) is 0 Å². The number of hydrogen-bond donors (Lipinski definition) is 0.